The number of benzene rings is 2. The van der Waals surface area contributed by atoms with Crippen molar-refractivity contribution >= 4 is 9.84 Å². The molecule has 6 nitrogen and oxygen atoms in total. The van der Waals surface area contributed by atoms with Crippen LogP contribution in [0.15, 0.2) is 47.4 Å². The second-order valence-electron chi connectivity index (χ2n) is 5.06. The predicted molar refractivity (Wildman–Crippen MR) is 91.5 cm³/mol. The maximum Gasteiger partial charge on any atom is 0.186 e. The van der Waals surface area contributed by atoms with Crippen molar-refractivity contribution in [1.29, 1.82) is 0 Å². The molecule has 0 unspecified atom stereocenters. The number of nitrogens with two attached hydrogens (primary N) is 1. The highest BCUT2D eigenvalue weighted by Crippen LogP contribution is 2.34. The summed E-state index contributed by atoms with van der Waals surface area (Å²) in [5.41, 5.74) is 6.32. The maximum atomic E-state index is 12.9. The normalized spacial score (nSPS) is 12.5. The van der Waals surface area contributed by atoms with Gasteiger partial charge in [-0.15, -0.1) is 0 Å². The number of rotatable bonds is 7. The van der Waals surface area contributed by atoms with E-state index >= 15 is 0 Å². The molecule has 0 aliphatic heterocycles. The van der Waals surface area contributed by atoms with Gasteiger partial charge in [-0.05, 0) is 42.0 Å². The second kappa shape index (κ2) is 7.55. The number of hydrogen-bond donors (Lipinski definition) is 1. The summed E-state index contributed by atoms with van der Waals surface area (Å²) >= 11 is 0. The van der Waals surface area contributed by atoms with Crippen LogP contribution in [0.2, 0.25) is 0 Å². The van der Waals surface area contributed by atoms with E-state index in [2.05, 4.69) is 0 Å². The van der Waals surface area contributed by atoms with Crippen LogP contribution in [0.4, 0.5) is 0 Å². The first kappa shape index (κ1) is 18.1. The van der Waals surface area contributed by atoms with Crippen LogP contribution >= 0.6 is 0 Å². The molecule has 2 N–H and O–H groups in total. The van der Waals surface area contributed by atoms with Gasteiger partial charge in [-0.3, -0.25) is 0 Å². The molecule has 2 rings (SSSR count). The highest BCUT2D eigenvalue weighted by atomic mass is 32.2. The molecular weight excluding hydrogens is 330 g/mol. The average Bonchev–Trinajstić information content (AvgIpc) is 2.62. The quantitative estimate of drug-likeness (QED) is 0.823. The minimum absolute atomic E-state index is 0.0517. The van der Waals surface area contributed by atoms with Crippen LogP contribution in [0.25, 0.3) is 0 Å². The molecule has 0 saturated heterocycles. The van der Waals surface area contributed by atoms with Crippen molar-refractivity contribution in [3.63, 3.8) is 0 Å². The van der Waals surface area contributed by atoms with Crippen molar-refractivity contribution < 1.29 is 22.6 Å². The summed E-state index contributed by atoms with van der Waals surface area (Å²) in [5, 5.41) is -0.884. The van der Waals surface area contributed by atoms with E-state index < -0.39 is 15.1 Å². The van der Waals surface area contributed by atoms with Crippen molar-refractivity contribution in [1.82, 2.24) is 0 Å². The number of hydrogen-bond acceptors (Lipinski definition) is 6. The first-order chi connectivity index (χ1) is 11.5. The molecule has 1 atom stereocenters. The van der Waals surface area contributed by atoms with Crippen LogP contribution in [-0.2, 0) is 9.84 Å². The molecule has 2 aromatic carbocycles. The summed E-state index contributed by atoms with van der Waals surface area (Å²) in [7, 11) is 0.890. The first-order valence-corrected chi connectivity index (χ1v) is 8.82. The topological polar surface area (TPSA) is 87.9 Å². The van der Waals surface area contributed by atoms with Gasteiger partial charge in [-0.2, -0.15) is 0 Å². The fourth-order valence-electron chi connectivity index (χ4n) is 2.42. The Hall–Kier alpha value is -2.25. The molecule has 2 aromatic rings. The fraction of sp³-hybridized carbons (Fsp3) is 0.294. The molecule has 0 radical (unpaired) electrons. The highest BCUT2D eigenvalue weighted by Gasteiger charge is 2.28. The number of ether oxygens (including phenoxy) is 3. The third kappa shape index (κ3) is 3.47. The summed E-state index contributed by atoms with van der Waals surface area (Å²) in [6, 6.07) is 11.2. The van der Waals surface area contributed by atoms with E-state index in [0.29, 0.717) is 22.8 Å². The predicted octanol–water partition coefficient (Wildman–Crippen LogP) is 2.19. The number of methoxy groups -OCH3 is 3. The average molecular weight is 351 g/mol. The van der Waals surface area contributed by atoms with E-state index in [4.69, 9.17) is 19.9 Å². The minimum atomic E-state index is -3.65. The summed E-state index contributed by atoms with van der Waals surface area (Å²) in [4.78, 5) is 0.188. The van der Waals surface area contributed by atoms with Crippen LogP contribution in [0.5, 0.6) is 17.2 Å². The van der Waals surface area contributed by atoms with E-state index in [9.17, 15) is 8.42 Å². The lowest BCUT2D eigenvalue weighted by Crippen LogP contribution is -2.22. The Morgan fingerprint density at radius 3 is 2.04 bits per heavy atom. The Labute approximate surface area is 142 Å². The van der Waals surface area contributed by atoms with Gasteiger partial charge in [0, 0.05) is 6.54 Å². The van der Waals surface area contributed by atoms with Crippen molar-refractivity contribution in [2.45, 2.75) is 10.1 Å². The van der Waals surface area contributed by atoms with E-state index in [0.717, 1.165) is 0 Å². The van der Waals surface area contributed by atoms with Gasteiger partial charge in [0.1, 0.15) is 11.0 Å². The Kier molecular flexibility index (Phi) is 5.69. The molecule has 7 heteroatoms. The Morgan fingerprint density at radius 1 is 0.917 bits per heavy atom. The van der Waals surface area contributed by atoms with E-state index in [1.54, 1.807) is 30.3 Å². The Morgan fingerprint density at radius 2 is 1.54 bits per heavy atom. The third-order valence-electron chi connectivity index (χ3n) is 3.76. The lowest BCUT2D eigenvalue weighted by Gasteiger charge is -2.18. The molecule has 130 valence electrons. The van der Waals surface area contributed by atoms with Gasteiger partial charge < -0.3 is 19.9 Å². The molecular formula is C17H21NO5S. The number of sulfone groups is 1. The summed E-state index contributed by atoms with van der Waals surface area (Å²) < 4.78 is 41.3. The summed E-state index contributed by atoms with van der Waals surface area (Å²) in [5.74, 6) is 1.57. The largest absolute Gasteiger partial charge is 0.497 e. The van der Waals surface area contributed by atoms with E-state index in [1.807, 2.05) is 0 Å². The zero-order chi connectivity index (χ0) is 17.7. The van der Waals surface area contributed by atoms with E-state index in [1.165, 1.54) is 33.5 Å². The molecule has 0 saturated carbocycles. The third-order valence-corrected chi connectivity index (χ3v) is 5.90. The minimum Gasteiger partial charge on any atom is -0.497 e. The standard InChI is InChI=1S/C17H21NO5S/c1-21-13-5-7-14(8-6-13)24(19,20)17(11-18)12-4-9-15(22-2)16(10-12)23-3/h4-10,17H,11,18H2,1-3H3/t17-/m1/s1. The van der Waals surface area contributed by atoms with Gasteiger partial charge >= 0.3 is 0 Å². The van der Waals surface area contributed by atoms with Crippen LogP contribution in [0.1, 0.15) is 10.8 Å². The zero-order valence-electron chi connectivity index (χ0n) is 13.9. The van der Waals surface area contributed by atoms with Gasteiger partial charge in [0.15, 0.2) is 21.3 Å². The molecule has 24 heavy (non-hydrogen) atoms. The molecule has 0 aliphatic carbocycles. The SMILES string of the molecule is COc1ccc(S(=O)(=O)[C@H](CN)c2ccc(OC)c(OC)c2)cc1. The van der Waals surface area contributed by atoms with Crippen molar-refractivity contribution in [2.24, 2.45) is 5.73 Å². The lowest BCUT2D eigenvalue weighted by atomic mass is 10.1. The van der Waals surface area contributed by atoms with Crippen LogP contribution in [0, 0.1) is 0 Å². The first-order valence-electron chi connectivity index (χ1n) is 7.27. The van der Waals surface area contributed by atoms with Crippen molar-refractivity contribution in [3.8, 4) is 17.2 Å². The van der Waals surface area contributed by atoms with Crippen molar-refractivity contribution in [2.75, 3.05) is 27.9 Å². The molecule has 0 aliphatic rings. The Balaban J connectivity index is 2.45. The second-order valence-corrected chi connectivity index (χ2v) is 7.19. The molecule has 0 bridgehead atoms. The Bertz CT molecular complexity index is 787. The molecule has 0 spiro atoms. The van der Waals surface area contributed by atoms with Crippen LogP contribution < -0.4 is 19.9 Å². The lowest BCUT2D eigenvalue weighted by molar-refractivity contribution is 0.354. The van der Waals surface area contributed by atoms with Gasteiger partial charge in [0.2, 0.25) is 0 Å². The van der Waals surface area contributed by atoms with Crippen molar-refractivity contribution in [3.05, 3.63) is 48.0 Å². The summed E-state index contributed by atoms with van der Waals surface area (Å²) in [6.07, 6.45) is 0. The van der Waals surface area contributed by atoms with E-state index in [-0.39, 0.29) is 11.4 Å². The van der Waals surface area contributed by atoms with Gasteiger partial charge in [-0.25, -0.2) is 8.42 Å². The molecule has 0 amide bonds. The molecule has 0 aromatic heterocycles. The fourth-order valence-corrected chi connectivity index (χ4v) is 4.03. The molecule has 0 fully saturated rings. The van der Waals surface area contributed by atoms with Gasteiger partial charge in [0.05, 0.1) is 26.2 Å². The monoisotopic (exact) mass is 351 g/mol. The zero-order valence-corrected chi connectivity index (χ0v) is 14.7. The smallest absolute Gasteiger partial charge is 0.186 e. The van der Waals surface area contributed by atoms with Gasteiger partial charge in [-0.1, -0.05) is 6.07 Å². The van der Waals surface area contributed by atoms with Crippen LogP contribution in [0.3, 0.4) is 0 Å². The summed E-state index contributed by atoms with van der Waals surface area (Å²) in [6.45, 7) is -0.0517. The molecule has 0 heterocycles. The van der Waals surface area contributed by atoms with Crippen LogP contribution in [-0.4, -0.2) is 36.3 Å². The maximum absolute atomic E-state index is 12.9. The highest BCUT2D eigenvalue weighted by molar-refractivity contribution is 7.91. The van der Waals surface area contributed by atoms with Gasteiger partial charge in [0.25, 0.3) is 0 Å².